The Labute approximate surface area is 101 Å². The van der Waals surface area contributed by atoms with Gasteiger partial charge in [-0.15, -0.1) is 0 Å². The van der Waals surface area contributed by atoms with Crippen molar-refractivity contribution in [1.29, 1.82) is 0 Å². The van der Waals surface area contributed by atoms with Gasteiger partial charge in [-0.1, -0.05) is 18.2 Å². The average molecular weight is 232 g/mol. The van der Waals surface area contributed by atoms with Crippen molar-refractivity contribution < 1.29 is 14.3 Å². The Morgan fingerprint density at radius 1 is 1.47 bits per heavy atom. The first kappa shape index (κ1) is 11.9. The zero-order valence-corrected chi connectivity index (χ0v) is 10.1. The highest BCUT2D eigenvalue weighted by Crippen LogP contribution is 2.27. The number of carbonyl (C=O) groups excluding carboxylic acids is 1. The lowest BCUT2D eigenvalue weighted by atomic mass is 10.1. The van der Waals surface area contributed by atoms with Crippen molar-refractivity contribution in [3.05, 3.63) is 35.9 Å². The molecular formula is C14H16O3. The number of ketones is 1. The first-order valence-electron chi connectivity index (χ1n) is 5.73. The van der Waals surface area contributed by atoms with Crippen LogP contribution in [0, 0.1) is 0 Å². The lowest BCUT2D eigenvalue weighted by Crippen LogP contribution is -2.17. The molecule has 0 saturated carbocycles. The van der Waals surface area contributed by atoms with E-state index in [1.54, 1.807) is 19.1 Å². The van der Waals surface area contributed by atoms with Gasteiger partial charge in [-0.05, 0) is 37.6 Å². The van der Waals surface area contributed by atoms with Gasteiger partial charge in [-0.3, -0.25) is 4.79 Å². The summed E-state index contributed by atoms with van der Waals surface area (Å²) in [6.07, 6.45) is 3.37. The molecule has 1 fully saturated rings. The van der Waals surface area contributed by atoms with Crippen LogP contribution in [0.2, 0.25) is 0 Å². The molecule has 17 heavy (non-hydrogen) atoms. The van der Waals surface area contributed by atoms with E-state index in [9.17, 15) is 4.79 Å². The Morgan fingerprint density at radius 3 is 2.65 bits per heavy atom. The second-order valence-electron chi connectivity index (χ2n) is 4.22. The fourth-order valence-electron chi connectivity index (χ4n) is 1.44. The summed E-state index contributed by atoms with van der Waals surface area (Å²) in [5, 5.41) is 0. The van der Waals surface area contributed by atoms with E-state index in [4.69, 9.17) is 9.47 Å². The van der Waals surface area contributed by atoms with Gasteiger partial charge >= 0.3 is 0 Å². The SMILES string of the molecule is CCOc1ccc(C=CC(=O)[C@@]2(C)CO2)cc1. The van der Waals surface area contributed by atoms with Crippen molar-refractivity contribution in [2.24, 2.45) is 0 Å². The zero-order chi connectivity index (χ0) is 12.3. The topological polar surface area (TPSA) is 38.8 Å². The van der Waals surface area contributed by atoms with E-state index in [0.29, 0.717) is 13.2 Å². The van der Waals surface area contributed by atoms with E-state index in [1.807, 2.05) is 31.2 Å². The minimum atomic E-state index is -0.568. The molecule has 0 N–H and O–H groups in total. The van der Waals surface area contributed by atoms with Gasteiger partial charge in [0, 0.05) is 0 Å². The highest BCUT2D eigenvalue weighted by molar-refractivity contribution is 6.01. The van der Waals surface area contributed by atoms with E-state index in [-0.39, 0.29) is 5.78 Å². The normalized spacial score (nSPS) is 22.7. The van der Waals surface area contributed by atoms with Gasteiger partial charge in [0.1, 0.15) is 5.75 Å². The molecule has 90 valence electrons. The average Bonchev–Trinajstić information content (AvgIpc) is 3.08. The van der Waals surface area contributed by atoms with Gasteiger partial charge in [0.2, 0.25) is 0 Å². The summed E-state index contributed by atoms with van der Waals surface area (Å²) in [4.78, 5) is 11.6. The third-order valence-electron chi connectivity index (χ3n) is 2.72. The van der Waals surface area contributed by atoms with Gasteiger partial charge in [-0.2, -0.15) is 0 Å². The van der Waals surface area contributed by atoms with Crippen LogP contribution in [0.15, 0.2) is 30.3 Å². The minimum absolute atomic E-state index is 0.0198. The molecule has 0 spiro atoms. The molecule has 0 amide bonds. The lowest BCUT2D eigenvalue weighted by Gasteiger charge is -2.02. The number of rotatable bonds is 5. The predicted molar refractivity (Wildman–Crippen MR) is 66.0 cm³/mol. The molecule has 0 bridgehead atoms. The first-order chi connectivity index (χ1) is 8.14. The Hall–Kier alpha value is -1.61. The van der Waals surface area contributed by atoms with Crippen molar-refractivity contribution in [3.8, 4) is 5.75 Å². The molecule has 1 aliphatic rings. The largest absolute Gasteiger partial charge is 0.494 e. The third kappa shape index (κ3) is 2.94. The highest BCUT2D eigenvalue weighted by Gasteiger charge is 2.45. The van der Waals surface area contributed by atoms with Crippen molar-refractivity contribution in [1.82, 2.24) is 0 Å². The quantitative estimate of drug-likeness (QED) is 0.578. The number of hydrogen-bond donors (Lipinski definition) is 0. The van der Waals surface area contributed by atoms with Crippen LogP contribution in [0.5, 0.6) is 5.75 Å². The van der Waals surface area contributed by atoms with Crippen LogP contribution in [-0.4, -0.2) is 24.6 Å². The maximum atomic E-state index is 11.6. The molecule has 3 heteroatoms. The fourth-order valence-corrected chi connectivity index (χ4v) is 1.44. The van der Waals surface area contributed by atoms with E-state index in [1.165, 1.54) is 0 Å². The molecule has 0 unspecified atom stereocenters. The maximum absolute atomic E-state index is 11.6. The molecule has 1 atom stereocenters. The minimum Gasteiger partial charge on any atom is -0.494 e. The summed E-state index contributed by atoms with van der Waals surface area (Å²) in [7, 11) is 0. The van der Waals surface area contributed by atoms with Crippen LogP contribution < -0.4 is 4.74 Å². The van der Waals surface area contributed by atoms with Crippen LogP contribution in [0.1, 0.15) is 19.4 Å². The second-order valence-corrected chi connectivity index (χ2v) is 4.22. The number of hydrogen-bond acceptors (Lipinski definition) is 3. The first-order valence-corrected chi connectivity index (χ1v) is 5.73. The molecule has 1 aromatic carbocycles. The van der Waals surface area contributed by atoms with Crippen molar-refractivity contribution in [3.63, 3.8) is 0 Å². The second kappa shape index (κ2) is 4.72. The molecule has 0 radical (unpaired) electrons. The smallest absolute Gasteiger partial charge is 0.189 e. The van der Waals surface area contributed by atoms with Crippen molar-refractivity contribution in [2.45, 2.75) is 19.4 Å². The Kier molecular flexibility index (Phi) is 3.29. The van der Waals surface area contributed by atoms with Gasteiger partial charge in [0.05, 0.1) is 13.2 Å². The van der Waals surface area contributed by atoms with Crippen LogP contribution in [0.4, 0.5) is 0 Å². The summed E-state index contributed by atoms with van der Waals surface area (Å²) in [5.74, 6) is 0.861. The van der Waals surface area contributed by atoms with Crippen molar-refractivity contribution in [2.75, 3.05) is 13.2 Å². The molecular weight excluding hydrogens is 216 g/mol. The van der Waals surface area contributed by atoms with Gasteiger partial charge < -0.3 is 9.47 Å². The molecule has 0 aliphatic carbocycles. The van der Waals surface area contributed by atoms with Crippen LogP contribution >= 0.6 is 0 Å². The van der Waals surface area contributed by atoms with Crippen LogP contribution in [0.3, 0.4) is 0 Å². The molecule has 1 aromatic rings. The summed E-state index contributed by atoms with van der Waals surface area (Å²) < 4.78 is 10.4. The highest BCUT2D eigenvalue weighted by atomic mass is 16.6. The Bertz CT molecular complexity index is 427. The summed E-state index contributed by atoms with van der Waals surface area (Å²) >= 11 is 0. The number of carbonyl (C=O) groups is 1. The predicted octanol–water partition coefficient (Wildman–Crippen LogP) is 2.46. The zero-order valence-electron chi connectivity index (χ0n) is 10.1. The number of epoxide rings is 1. The standard InChI is InChI=1S/C14H16O3/c1-3-16-12-7-4-11(5-8-12)6-9-13(15)14(2)10-17-14/h4-9H,3,10H2,1-2H3/t14-/m1/s1. The van der Waals surface area contributed by atoms with E-state index in [2.05, 4.69) is 0 Å². The maximum Gasteiger partial charge on any atom is 0.189 e. The Balaban J connectivity index is 1.98. The van der Waals surface area contributed by atoms with Crippen LogP contribution in [-0.2, 0) is 9.53 Å². The third-order valence-corrected chi connectivity index (χ3v) is 2.72. The lowest BCUT2D eigenvalue weighted by molar-refractivity contribution is -0.118. The molecule has 3 nitrogen and oxygen atoms in total. The van der Waals surface area contributed by atoms with E-state index < -0.39 is 5.60 Å². The van der Waals surface area contributed by atoms with E-state index in [0.717, 1.165) is 11.3 Å². The van der Waals surface area contributed by atoms with Gasteiger partial charge in [0.15, 0.2) is 11.4 Å². The molecule has 0 aromatic heterocycles. The molecule has 1 heterocycles. The summed E-state index contributed by atoms with van der Waals surface area (Å²) in [5.41, 5.74) is 0.410. The fraction of sp³-hybridized carbons (Fsp3) is 0.357. The monoisotopic (exact) mass is 232 g/mol. The Morgan fingerprint density at radius 2 is 2.12 bits per heavy atom. The van der Waals surface area contributed by atoms with E-state index >= 15 is 0 Å². The van der Waals surface area contributed by atoms with Gasteiger partial charge in [0.25, 0.3) is 0 Å². The molecule has 2 rings (SSSR count). The summed E-state index contributed by atoms with van der Waals surface area (Å²) in [6.45, 7) is 4.93. The number of ether oxygens (including phenoxy) is 2. The summed E-state index contributed by atoms with van der Waals surface area (Å²) in [6, 6.07) is 7.63. The van der Waals surface area contributed by atoms with Crippen molar-refractivity contribution >= 4 is 11.9 Å². The number of benzene rings is 1. The molecule has 1 aliphatic heterocycles. The van der Waals surface area contributed by atoms with Crippen LogP contribution in [0.25, 0.3) is 6.08 Å². The molecule has 1 saturated heterocycles. The van der Waals surface area contributed by atoms with Gasteiger partial charge in [-0.25, -0.2) is 0 Å².